The van der Waals surface area contributed by atoms with Crippen molar-refractivity contribution in [2.24, 2.45) is 11.7 Å². The number of pyridine rings is 1. The third kappa shape index (κ3) is 5.91. The van der Waals surface area contributed by atoms with Crippen LogP contribution < -0.4 is 16.0 Å². The molecule has 3 N–H and O–H groups in total. The number of benzene rings is 2. The maximum absolute atomic E-state index is 6.33. The Hall–Kier alpha value is -3.59. The molecule has 238 valence electrons. The van der Waals surface area contributed by atoms with Crippen molar-refractivity contribution in [3.8, 4) is 0 Å². The van der Waals surface area contributed by atoms with E-state index in [0.717, 1.165) is 86.3 Å². The SMILES string of the molecule is CN/C(=C(/C)N)c1cnc2c3ccc(N4CCN(C5CCN(C)CC5)CC4)cc3n([C@H](c3ccccc3)C3CCOCC3)c2c1. The summed E-state index contributed by atoms with van der Waals surface area (Å²) < 4.78 is 8.46. The van der Waals surface area contributed by atoms with E-state index in [1.54, 1.807) is 0 Å². The van der Waals surface area contributed by atoms with E-state index in [0.29, 0.717) is 5.92 Å². The molecule has 1 atom stereocenters. The van der Waals surface area contributed by atoms with Crippen molar-refractivity contribution < 1.29 is 4.74 Å². The number of anilines is 1. The normalized spacial score (nSPS) is 20.9. The van der Waals surface area contributed by atoms with Crippen molar-refractivity contribution in [2.75, 3.05) is 71.5 Å². The van der Waals surface area contributed by atoms with Gasteiger partial charge < -0.3 is 30.2 Å². The van der Waals surface area contributed by atoms with Crippen molar-refractivity contribution >= 4 is 33.3 Å². The van der Waals surface area contributed by atoms with E-state index < -0.39 is 0 Å². The van der Waals surface area contributed by atoms with Gasteiger partial charge in [0.05, 0.1) is 28.3 Å². The molecule has 5 heterocycles. The second kappa shape index (κ2) is 13.0. The number of piperidine rings is 1. The van der Waals surface area contributed by atoms with Gasteiger partial charge in [0.15, 0.2) is 0 Å². The summed E-state index contributed by atoms with van der Waals surface area (Å²) in [6.07, 6.45) is 6.63. The molecule has 0 amide bonds. The van der Waals surface area contributed by atoms with Crippen LogP contribution in [-0.2, 0) is 4.74 Å². The molecule has 2 aromatic heterocycles. The summed E-state index contributed by atoms with van der Waals surface area (Å²) in [5, 5.41) is 4.52. The zero-order chi connectivity index (χ0) is 30.9. The van der Waals surface area contributed by atoms with Crippen LogP contribution in [0, 0.1) is 5.92 Å². The number of hydrogen-bond acceptors (Lipinski definition) is 7. The third-order valence-corrected chi connectivity index (χ3v) is 10.6. The number of rotatable bonds is 7. The highest BCUT2D eigenvalue weighted by molar-refractivity contribution is 6.07. The Balaban J connectivity index is 1.33. The molecule has 8 heteroatoms. The maximum atomic E-state index is 6.33. The molecule has 4 aromatic rings. The van der Waals surface area contributed by atoms with Crippen LogP contribution in [0.2, 0.25) is 0 Å². The highest BCUT2D eigenvalue weighted by Crippen LogP contribution is 2.41. The number of aromatic nitrogens is 2. The molecule has 0 saturated carbocycles. The minimum atomic E-state index is 0.171. The fourth-order valence-electron chi connectivity index (χ4n) is 8.12. The van der Waals surface area contributed by atoms with Gasteiger partial charge in [0, 0.05) is 81.0 Å². The van der Waals surface area contributed by atoms with Gasteiger partial charge in [-0.05, 0) is 88.5 Å². The molecule has 45 heavy (non-hydrogen) atoms. The zero-order valence-electron chi connectivity index (χ0n) is 27.2. The first-order valence-corrected chi connectivity index (χ1v) is 16.9. The molecule has 7 rings (SSSR count). The minimum absolute atomic E-state index is 0.171. The van der Waals surface area contributed by atoms with Crippen molar-refractivity contribution in [2.45, 2.75) is 44.7 Å². The predicted molar refractivity (Wildman–Crippen MR) is 186 cm³/mol. The number of nitrogens with one attached hydrogen (secondary N) is 1. The second-order valence-electron chi connectivity index (χ2n) is 13.3. The fourth-order valence-corrected chi connectivity index (χ4v) is 8.12. The molecule has 0 bridgehead atoms. The summed E-state index contributed by atoms with van der Waals surface area (Å²) in [6, 6.07) is 21.3. The standard InChI is InChI=1S/C37H49N7O/c1-26(38)35(39-2)29-23-34-36(40-25-29)32-10-9-31(43-19-17-42(18-20-43)30-11-15-41(3)16-12-30)24-33(32)44(34)37(27-7-5-4-6-8-27)28-13-21-45-22-14-28/h4-10,23-25,28,30,37,39H,11-22,38H2,1-3H3/b35-26-/t37-/m1/s1. The molecule has 0 radical (unpaired) electrons. The summed E-state index contributed by atoms with van der Waals surface area (Å²) in [4.78, 5) is 12.9. The monoisotopic (exact) mass is 607 g/mol. The number of nitrogens with two attached hydrogens (primary N) is 1. The van der Waals surface area contributed by atoms with Crippen LogP contribution in [0.1, 0.15) is 49.8 Å². The van der Waals surface area contributed by atoms with Crippen molar-refractivity contribution in [1.82, 2.24) is 24.7 Å². The smallest absolute Gasteiger partial charge is 0.0960 e. The number of nitrogens with zero attached hydrogens (tertiary/aromatic N) is 5. The average molecular weight is 608 g/mol. The molecular formula is C37H49N7O. The van der Waals surface area contributed by atoms with Gasteiger partial charge >= 0.3 is 0 Å². The fraction of sp³-hybridized carbons (Fsp3) is 0.486. The van der Waals surface area contributed by atoms with E-state index in [2.05, 4.69) is 86.2 Å². The summed E-state index contributed by atoms with van der Waals surface area (Å²) in [5.74, 6) is 0.459. The van der Waals surface area contributed by atoms with Crippen LogP contribution in [0.3, 0.4) is 0 Å². The second-order valence-corrected chi connectivity index (χ2v) is 13.3. The van der Waals surface area contributed by atoms with Gasteiger partial charge in [-0.2, -0.15) is 0 Å². The van der Waals surface area contributed by atoms with Gasteiger partial charge in [-0.1, -0.05) is 30.3 Å². The van der Waals surface area contributed by atoms with Crippen molar-refractivity contribution in [3.05, 3.63) is 77.6 Å². The molecule has 3 saturated heterocycles. The van der Waals surface area contributed by atoms with E-state index in [9.17, 15) is 0 Å². The molecule has 2 aromatic carbocycles. The Kier molecular flexibility index (Phi) is 8.71. The lowest BCUT2D eigenvalue weighted by atomic mass is 9.86. The number of likely N-dealkylation sites (tertiary alicyclic amines) is 1. The van der Waals surface area contributed by atoms with E-state index in [-0.39, 0.29) is 6.04 Å². The first-order valence-electron chi connectivity index (χ1n) is 16.9. The van der Waals surface area contributed by atoms with E-state index in [4.69, 9.17) is 15.5 Å². The lowest BCUT2D eigenvalue weighted by Crippen LogP contribution is -2.53. The molecule has 3 aliphatic rings. The zero-order valence-corrected chi connectivity index (χ0v) is 27.2. The van der Waals surface area contributed by atoms with Gasteiger partial charge in [-0.15, -0.1) is 0 Å². The Morgan fingerprint density at radius 1 is 0.911 bits per heavy atom. The average Bonchev–Trinajstić information content (AvgIpc) is 3.39. The Morgan fingerprint density at radius 2 is 1.64 bits per heavy atom. The Bertz CT molecular complexity index is 1640. The molecule has 3 fully saturated rings. The van der Waals surface area contributed by atoms with E-state index in [1.807, 2.05) is 20.2 Å². The van der Waals surface area contributed by atoms with E-state index >= 15 is 0 Å². The number of hydrogen-bond donors (Lipinski definition) is 2. The maximum Gasteiger partial charge on any atom is 0.0960 e. The van der Waals surface area contributed by atoms with Crippen LogP contribution in [0.15, 0.2) is 66.5 Å². The summed E-state index contributed by atoms with van der Waals surface area (Å²) >= 11 is 0. The van der Waals surface area contributed by atoms with Gasteiger partial charge in [-0.25, -0.2) is 0 Å². The van der Waals surface area contributed by atoms with Gasteiger partial charge in [0.25, 0.3) is 0 Å². The largest absolute Gasteiger partial charge is 0.401 e. The minimum Gasteiger partial charge on any atom is -0.401 e. The number of allylic oxidation sites excluding steroid dienone is 1. The lowest BCUT2D eigenvalue weighted by molar-refractivity contribution is 0.0553. The first kappa shape index (κ1) is 30.1. The number of piperazine rings is 1. The van der Waals surface area contributed by atoms with Crippen LogP contribution in [0.4, 0.5) is 5.69 Å². The highest BCUT2D eigenvalue weighted by Gasteiger charge is 2.31. The summed E-state index contributed by atoms with van der Waals surface area (Å²) in [5.41, 5.74) is 15.1. The Morgan fingerprint density at radius 3 is 2.33 bits per heavy atom. The molecule has 3 aliphatic heterocycles. The van der Waals surface area contributed by atoms with Crippen LogP contribution >= 0.6 is 0 Å². The van der Waals surface area contributed by atoms with Gasteiger partial charge in [-0.3, -0.25) is 9.88 Å². The molecular weight excluding hydrogens is 558 g/mol. The summed E-state index contributed by atoms with van der Waals surface area (Å²) in [6.45, 7) is 10.4. The third-order valence-electron chi connectivity index (χ3n) is 10.6. The predicted octanol–water partition coefficient (Wildman–Crippen LogP) is 5.29. The Labute approximate surface area is 267 Å². The first-order chi connectivity index (χ1) is 22.0. The van der Waals surface area contributed by atoms with Crippen LogP contribution in [-0.4, -0.2) is 92.0 Å². The lowest BCUT2D eigenvalue weighted by Gasteiger charge is -2.43. The molecule has 0 unspecified atom stereocenters. The molecule has 8 nitrogen and oxygen atoms in total. The number of ether oxygens (including phenoxy) is 1. The van der Waals surface area contributed by atoms with Crippen LogP contribution in [0.25, 0.3) is 27.6 Å². The van der Waals surface area contributed by atoms with E-state index in [1.165, 1.54) is 48.1 Å². The van der Waals surface area contributed by atoms with Crippen LogP contribution in [0.5, 0.6) is 0 Å². The quantitative estimate of drug-likeness (QED) is 0.296. The molecule has 0 aliphatic carbocycles. The van der Waals surface area contributed by atoms with Gasteiger partial charge in [0.2, 0.25) is 0 Å². The number of fused-ring (bicyclic) bond motifs is 3. The molecule has 0 spiro atoms. The topological polar surface area (TPSA) is 74.8 Å². The van der Waals surface area contributed by atoms with Gasteiger partial charge in [0.1, 0.15) is 0 Å². The van der Waals surface area contributed by atoms with Crippen molar-refractivity contribution in [3.63, 3.8) is 0 Å². The summed E-state index contributed by atoms with van der Waals surface area (Å²) in [7, 11) is 4.18. The van der Waals surface area contributed by atoms with Crippen molar-refractivity contribution in [1.29, 1.82) is 0 Å². The highest BCUT2D eigenvalue weighted by atomic mass is 16.5.